The standard InChI is InChI=1S/C8H16O10S2/c1-19(13,14)17-4-6(11)7(12)8(5(10)3-9)18-20(2,15)16/h3,5-8,10-12H,4H2,1-2H3/t5-,6+,7+,8+/m0/s1. The summed E-state index contributed by atoms with van der Waals surface area (Å²) in [7, 11) is -8.05. The summed E-state index contributed by atoms with van der Waals surface area (Å²) in [6.07, 6.45) is -6.85. The second-order valence-corrected chi connectivity index (χ2v) is 7.18. The molecule has 10 nitrogen and oxygen atoms in total. The van der Waals surface area contributed by atoms with Crippen LogP contribution < -0.4 is 0 Å². The summed E-state index contributed by atoms with van der Waals surface area (Å²) in [4.78, 5) is 10.4. The lowest BCUT2D eigenvalue weighted by Crippen LogP contribution is -2.49. The normalized spacial score (nSPS) is 19.1. The van der Waals surface area contributed by atoms with Crippen LogP contribution in [0, 0.1) is 0 Å². The number of carbonyl (C=O) groups is 1. The average molecular weight is 336 g/mol. The van der Waals surface area contributed by atoms with Gasteiger partial charge < -0.3 is 20.1 Å². The molecule has 3 N–H and O–H groups in total. The van der Waals surface area contributed by atoms with Crippen molar-refractivity contribution in [2.45, 2.75) is 24.4 Å². The summed E-state index contributed by atoms with van der Waals surface area (Å²) in [5, 5.41) is 28.3. The third kappa shape index (κ3) is 7.84. The molecule has 0 aromatic carbocycles. The van der Waals surface area contributed by atoms with E-state index in [4.69, 9.17) is 0 Å². The van der Waals surface area contributed by atoms with Gasteiger partial charge in [-0.25, -0.2) is 0 Å². The summed E-state index contributed by atoms with van der Waals surface area (Å²) in [5.74, 6) is 0. The maximum Gasteiger partial charge on any atom is 0.264 e. The van der Waals surface area contributed by atoms with E-state index in [0.717, 1.165) is 0 Å². The smallest absolute Gasteiger partial charge is 0.264 e. The van der Waals surface area contributed by atoms with Crippen molar-refractivity contribution < 1.29 is 45.3 Å². The molecular formula is C8H16O10S2. The fourth-order valence-corrected chi connectivity index (χ4v) is 2.12. The van der Waals surface area contributed by atoms with E-state index in [1.165, 1.54) is 0 Å². The topological polar surface area (TPSA) is 164 Å². The van der Waals surface area contributed by atoms with Crippen LogP contribution in [0.2, 0.25) is 0 Å². The molecule has 0 saturated carbocycles. The highest BCUT2D eigenvalue weighted by Gasteiger charge is 2.36. The summed E-state index contributed by atoms with van der Waals surface area (Å²) < 4.78 is 51.7. The molecule has 0 unspecified atom stereocenters. The third-order valence-corrected chi connectivity index (χ3v) is 3.08. The summed E-state index contributed by atoms with van der Waals surface area (Å²) in [6.45, 7) is -0.908. The van der Waals surface area contributed by atoms with E-state index < -0.39 is 51.3 Å². The molecule has 0 aliphatic heterocycles. The van der Waals surface area contributed by atoms with Crippen LogP contribution >= 0.6 is 0 Å². The van der Waals surface area contributed by atoms with Crippen LogP contribution in [-0.2, 0) is 33.4 Å². The van der Waals surface area contributed by atoms with E-state index in [1.54, 1.807) is 0 Å². The molecule has 0 spiro atoms. The molecule has 0 fully saturated rings. The van der Waals surface area contributed by atoms with E-state index in [2.05, 4.69) is 8.37 Å². The minimum atomic E-state index is -4.15. The van der Waals surface area contributed by atoms with Gasteiger partial charge in [-0.3, -0.25) is 8.37 Å². The molecule has 120 valence electrons. The molecule has 0 bridgehead atoms. The number of aldehydes is 1. The van der Waals surface area contributed by atoms with Gasteiger partial charge in [-0.15, -0.1) is 0 Å². The highest BCUT2D eigenvalue weighted by atomic mass is 32.2. The number of aliphatic hydroxyl groups is 3. The lowest BCUT2D eigenvalue weighted by Gasteiger charge is -2.26. The summed E-state index contributed by atoms with van der Waals surface area (Å²) in [6, 6.07) is 0. The van der Waals surface area contributed by atoms with Crippen molar-refractivity contribution >= 4 is 26.5 Å². The van der Waals surface area contributed by atoms with Crippen molar-refractivity contribution in [1.29, 1.82) is 0 Å². The molecule has 0 radical (unpaired) electrons. The first-order valence-electron chi connectivity index (χ1n) is 5.09. The number of rotatable bonds is 9. The Kier molecular flexibility index (Phi) is 7.17. The number of aliphatic hydroxyl groups excluding tert-OH is 3. The molecule has 0 amide bonds. The average Bonchev–Trinajstić information content (AvgIpc) is 2.29. The SMILES string of the molecule is CS(=O)(=O)OC[C@@H](O)[C@@H](O)[C@H](OS(C)(=O)=O)[C@@H](O)C=O. The molecule has 4 atom stereocenters. The predicted molar refractivity (Wildman–Crippen MR) is 64.6 cm³/mol. The predicted octanol–water partition coefficient (Wildman–Crippen LogP) is -3.41. The minimum Gasteiger partial charge on any atom is -0.388 e. The van der Waals surface area contributed by atoms with Crippen molar-refractivity contribution in [3.8, 4) is 0 Å². The fraction of sp³-hybridized carbons (Fsp3) is 0.875. The van der Waals surface area contributed by atoms with E-state index in [-0.39, 0.29) is 6.29 Å². The molecule has 0 rings (SSSR count). The van der Waals surface area contributed by atoms with E-state index in [9.17, 15) is 36.9 Å². The second kappa shape index (κ2) is 7.40. The van der Waals surface area contributed by atoms with Crippen molar-refractivity contribution in [3.05, 3.63) is 0 Å². The first kappa shape index (κ1) is 19.4. The zero-order valence-electron chi connectivity index (χ0n) is 10.6. The molecule has 0 aromatic heterocycles. The minimum absolute atomic E-state index is 0.108. The first-order valence-corrected chi connectivity index (χ1v) is 8.73. The highest BCUT2D eigenvalue weighted by Crippen LogP contribution is 2.12. The largest absolute Gasteiger partial charge is 0.388 e. The lowest BCUT2D eigenvalue weighted by molar-refractivity contribution is -0.130. The molecular weight excluding hydrogens is 320 g/mol. The van der Waals surface area contributed by atoms with Gasteiger partial charge >= 0.3 is 0 Å². The zero-order chi connectivity index (χ0) is 16.1. The lowest BCUT2D eigenvalue weighted by atomic mass is 10.0. The second-order valence-electron chi connectivity index (χ2n) is 3.94. The monoisotopic (exact) mass is 336 g/mol. The van der Waals surface area contributed by atoms with Crippen LogP contribution in [0.5, 0.6) is 0 Å². The number of hydrogen-bond donors (Lipinski definition) is 3. The van der Waals surface area contributed by atoms with Crippen LogP contribution in [0.4, 0.5) is 0 Å². The number of hydrogen-bond acceptors (Lipinski definition) is 10. The van der Waals surface area contributed by atoms with Crippen LogP contribution in [0.3, 0.4) is 0 Å². The fourth-order valence-electron chi connectivity index (χ4n) is 1.11. The van der Waals surface area contributed by atoms with E-state index in [1.807, 2.05) is 0 Å². The quantitative estimate of drug-likeness (QED) is 0.285. The Labute approximate surface area is 116 Å². The zero-order valence-corrected chi connectivity index (χ0v) is 12.2. The van der Waals surface area contributed by atoms with Gasteiger partial charge in [-0.1, -0.05) is 0 Å². The Hall–Kier alpha value is -0.630. The molecule has 0 aromatic rings. The number of carbonyl (C=O) groups excluding carboxylic acids is 1. The Morgan fingerprint density at radius 2 is 1.55 bits per heavy atom. The Balaban J connectivity index is 4.94. The van der Waals surface area contributed by atoms with Gasteiger partial charge in [-0.05, 0) is 0 Å². The van der Waals surface area contributed by atoms with Crippen molar-refractivity contribution in [1.82, 2.24) is 0 Å². The molecule has 0 saturated heterocycles. The molecule has 20 heavy (non-hydrogen) atoms. The van der Waals surface area contributed by atoms with Crippen LogP contribution in [0.25, 0.3) is 0 Å². The Morgan fingerprint density at radius 1 is 1.05 bits per heavy atom. The third-order valence-electron chi connectivity index (χ3n) is 1.95. The Morgan fingerprint density at radius 3 is 1.90 bits per heavy atom. The highest BCUT2D eigenvalue weighted by molar-refractivity contribution is 7.86. The van der Waals surface area contributed by atoms with Gasteiger partial charge in [0.25, 0.3) is 20.2 Å². The van der Waals surface area contributed by atoms with Gasteiger partial charge in [0, 0.05) is 0 Å². The van der Waals surface area contributed by atoms with Gasteiger partial charge in [0.1, 0.15) is 24.4 Å². The summed E-state index contributed by atoms with van der Waals surface area (Å²) >= 11 is 0. The molecule has 0 heterocycles. The van der Waals surface area contributed by atoms with Gasteiger partial charge in [-0.2, -0.15) is 16.8 Å². The van der Waals surface area contributed by atoms with E-state index in [0.29, 0.717) is 12.5 Å². The summed E-state index contributed by atoms with van der Waals surface area (Å²) in [5.41, 5.74) is 0. The Bertz CT molecular complexity index is 509. The van der Waals surface area contributed by atoms with Crippen molar-refractivity contribution in [2.24, 2.45) is 0 Å². The van der Waals surface area contributed by atoms with Gasteiger partial charge in [0.15, 0.2) is 6.29 Å². The van der Waals surface area contributed by atoms with E-state index >= 15 is 0 Å². The van der Waals surface area contributed by atoms with Crippen molar-refractivity contribution in [2.75, 3.05) is 19.1 Å². The van der Waals surface area contributed by atoms with Crippen LogP contribution in [-0.4, -0.2) is 82.0 Å². The molecule has 0 aliphatic rings. The maximum atomic E-state index is 10.9. The van der Waals surface area contributed by atoms with Crippen LogP contribution in [0.1, 0.15) is 0 Å². The van der Waals surface area contributed by atoms with Crippen LogP contribution in [0.15, 0.2) is 0 Å². The van der Waals surface area contributed by atoms with Gasteiger partial charge in [0.05, 0.1) is 19.1 Å². The first-order chi connectivity index (χ1) is 8.87. The maximum absolute atomic E-state index is 10.9. The van der Waals surface area contributed by atoms with Gasteiger partial charge in [0.2, 0.25) is 0 Å². The van der Waals surface area contributed by atoms with Crippen molar-refractivity contribution in [3.63, 3.8) is 0 Å². The molecule has 0 aliphatic carbocycles. The molecule has 12 heteroatoms.